The molecule has 6 nitrogen and oxygen atoms in total. The van der Waals surface area contributed by atoms with Crippen LogP contribution in [0.3, 0.4) is 0 Å². The van der Waals surface area contributed by atoms with Crippen LogP contribution in [0.1, 0.15) is 5.82 Å². The molecule has 0 fully saturated rings. The fourth-order valence-electron chi connectivity index (χ4n) is 0.592. The van der Waals surface area contributed by atoms with E-state index in [0.29, 0.717) is 5.82 Å². The number of hydrogen-bond acceptors (Lipinski definition) is 6. The Hall–Kier alpha value is -1.24. The van der Waals surface area contributed by atoms with Crippen LogP contribution in [0.25, 0.3) is 0 Å². The van der Waals surface area contributed by atoms with Crippen molar-refractivity contribution >= 4 is 0 Å². The van der Waals surface area contributed by atoms with Gasteiger partial charge >= 0.3 is 6.16 Å². The van der Waals surface area contributed by atoms with Crippen molar-refractivity contribution in [1.29, 1.82) is 0 Å². The summed E-state index contributed by atoms with van der Waals surface area (Å²) in [5.74, 6) is 0.481. The molecule has 12 heavy (non-hydrogen) atoms. The predicted molar refractivity (Wildman–Crippen MR) is 36.8 cm³/mol. The fraction of sp³-hybridized carbons (Fsp3) is 0.333. The molecule has 0 amide bonds. The molecule has 6 heteroatoms. The van der Waals surface area contributed by atoms with E-state index in [9.17, 15) is 0 Å². The van der Waals surface area contributed by atoms with Crippen LogP contribution in [0.2, 0.25) is 0 Å². The van der Waals surface area contributed by atoms with Gasteiger partial charge in [0.1, 0.15) is 5.82 Å². The minimum Gasteiger partial charge on any atom is -0.414 e. The van der Waals surface area contributed by atoms with Crippen molar-refractivity contribution in [1.82, 2.24) is 9.97 Å². The molecule has 3 N–H and O–H groups in total. The van der Waals surface area contributed by atoms with Crippen molar-refractivity contribution in [3.8, 4) is 5.75 Å². The van der Waals surface area contributed by atoms with Gasteiger partial charge in [-0.2, -0.15) is 0 Å². The minimum atomic E-state index is -3.18. The molecular weight excluding hydrogens is 164 g/mol. The summed E-state index contributed by atoms with van der Waals surface area (Å²) in [5, 5.41) is 25.1. The van der Waals surface area contributed by atoms with Crippen molar-refractivity contribution < 1.29 is 20.1 Å². The van der Waals surface area contributed by atoms with Gasteiger partial charge < -0.3 is 20.1 Å². The molecular formula is C6H8N2O4. The van der Waals surface area contributed by atoms with Gasteiger partial charge in [-0.05, 0) is 6.92 Å². The monoisotopic (exact) mass is 172 g/mol. The normalized spacial score (nSPS) is 11.3. The maximum absolute atomic E-state index is 8.37. The number of aromatic nitrogens is 2. The summed E-state index contributed by atoms with van der Waals surface area (Å²) < 4.78 is 4.20. The Bertz CT molecular complexity index is 253. The first-order valence-electron chi connectivity index (χ1n) is 3.12. The van der Waals surface area contributed by atoms with E-state index in [1.165, 1.54) is 12.4 Å². The van der Waals surface area contributed by atoms with E-state index >= 15 is 0 Å². The highest BCUT2D eigenvalue weighted by Gasteiger charge is 2.20. The average molecular weight is 172 g/mol. The zero-order valence-corrected chi connectivity index (χ0v) is 6.30. The van der Waals surface area contributed by atoms with Crippen LogP contribution < -0.4 is 4.74 Å². The third-order valence-electron chi connectivity index (χ3n) is 1.01. The molecule has 0 radical (unpaired) electrons. The number of ether oxygens (including phenoxy) is 1. The summed E-state index contributed by atoms with van der Waals surface area (Å²) in [4.78, 5) is 7.39. The van der Waals surface area contributed by atoms with Gasteiger partial charge in [-0.25, -0.2) is 9.97 Å². The van der Waals surface area contributed by atoms with E-state index in [2.05, 4.69) is 14.7 Å². The van der Waals surface area contributed by atoms with Crippen molar-refractivity contribution in [3.63, 3.8) is 0 Å². The molecule has 0 saturated heterocycles. The van der Waals surface area contributed by atoms with E-state index < -0.39 is 6.16 Å². The van der Waals surface area contributed by atoms with Gasteiger partial charge in [0.05, 0.1) is 12.4 Å². The lowest BCUT2D eigenvalue weighted by atomic mass is 10.5. The number of nitrogens with zero attached hydrogens (tertiary/aromatic N) is 2. The maximum atomic E-state index is 8.37. The van der Waals surface area contributed by atoms with Gasteiger partial charge in [0.2, 0.25) is 0 Å². The van der Waals surface area contributed by atoms with Crippen molar-refractivity contribution in [2.75, 3.05) is 0 Å². The zero-order valence-electron chi connectivity index (χ0n) is 6.30. The first kappa shape index (κ1) is 8.85. The molecule has 0 unspecified atom stereocenters. The molecule has 0 saturated carbocycles. The number of hydrogen-bond donors (Lipinski definition) is 3. The smallest absolute Gasteiger partial charge is 0.414 e. The van der Waals surface area contributed by atoms with E-state index in [0.717, 1.165) is 0 Å². The van der Waals surface area contributed by atoms with Crippen LogP contribution in [0.5, 0.6) is 5.75 Å². The third kappa shape index (κ3) is 2.79. The second-order valence-corrected chi connectivity index (χ2v) is 2.14. The summed E-state index contributed by atoms with van der Waals surface area (Å²) in [6.07, 6.45) is -0.766. The Kier molecular flexibility index (Phi) is 2.22. The van der Waals surface area contributed by atoms with Gasteiger partial charge in [-0.3, -0.25) is 0 Å². The molecule has 0 bridgehead atoms. The molecule has 1 aromatic rings. The third-order valence-corrected chi connectivity index (χ3v) is 1.01. The first-order chi connectivity index (χ1) is 5.47. The van der Waals surface area contributed by atoms with Crippen molar-refractivity contribution in [2.24, 2.45) is 0 Å². The molecule has 0 aliphatic rings. The van der Waals surface area contributed by atoms with E-state index in [-0.39, 0.29) is 5.75 Å². The lowest BCUT2D eigenvalue weighted by Gasteiger charge is -2.14. The average Bonchev–Trinajstić information content (AvgIpc) is 1.91. The molecule has 1 heterocycles. The first-order valence-corrected chi connectivity index (χ1v) is 3.12. The van der Waals surface area contributed by atoms with Gasteiger partial charge in [0, 0.05) is 0 Å². The van der Waals surface area contributed by atoms with Crippen LogP contribution in [0, 0.1) is 6.92 Å². The predicted octanol–water partition coefficient (Wildman–Crippen LogP) is -1.25. The summed E-state index contributed by atoms with van der Waals surface area (Å²) in [6, 6.07) is 0. The Balaban J connectivity index is 2.71. The van der Waals surface area contributed by atoms with Crippen LogP contribution >= 0.6 is 0 Å². The van der Waals surface area contributed by atoms with Crippen LogP contribution in [-0.4, -0.2) is 31.4 Å². The van der Waals surface area contributed by atoms with Gasteiger partial charge in [0.15, 0.2) is 5.75 Å². The number of aliphatic hydroxyl groups is 3. The molecule has 66 valence electrons. The van der Waals surface area contributed by atoms with Crippen LogP contribution in [0.15, 0.2) is 12.4 Å². The molecule has 0 spiro atoms. The topological polar surface area (TPSA) is 95.7 Å². The molecule has 0 aliphatic carbocycles. The Morgan fingerprint density at radius 2 is 1.75 bits per heavy atom. The quantitative estimate of drug-likeness (QED) is 0.482. The molecule has 0 atom stereocenters. The SMILES string of the molecule is Cc1ncc(OC(O)(O)O)cn1. The van der Waals surface area contributed by atoms with Crippen LogP contribution in [-0.2, 0) is 0 Å². The lowest BCUT2D eigenvalue weighted by Crippen LogP contribution is -2.34. The number of rotatable bonds is 2. The summed E-state index contributed by atoms with van der Waals surface area (Å²) in [7, 11) is 0. The maximum Gasteiger partial charge on any atom is 0.453 e. The largest absolute Gasteiger partial charge is 0.453 e. The molecule has 1 rings (SSSR count). The van der Waals surface area contributed by atoms with Gasteiger partial charge in [0.25, 0.3) is 0 Å². The molecule has 1 aromatic heterocycles. The zero-order chi connectivity index (χ0) is 9.19. The van der Waals surface area contributed by atoms with E-state index in [1.807, 2.05) is 0 Å². The highest BCUT2D eigenvalue weighted by atomic mass is 16.9. The summed E-state index contributed by atoms with van der Waals surface area (Å²) in [5.41, 5.74) is 0. The number of aryl methyl sites for hydroxylation is 1. The fourth-order valence-corrected chi connectivity index (χ4v) is 0.592. The Morgan fingerprint density at radius 1 is 1.25 bits per heavy atom. The van der Waals surface area contributed by atoms with Gasteiger partial charge in [-0.15, -0.1) is 0 Å². The van der Waals surface area contributed by atoms with Crippen molar-refractivity contribution in [2.45, 2.75) is 13.1 Å². The highest BCUT2D eigenvalue weighted by molar-refractivity contribution is 5.11. The van der Waals surface area contributed by atoms with Crippen LogP contribution in [0.4, 0.5) is 0 Å². The summed E-state index contributed by atoms with van der Waals surface area (Å²) >= 11 is 0. The second-order valence-electron chi connectivity index (χ2n) is 2.14. The Morgan fingerprint density at radius 3 is 2.17 bits per heavy atom. The standard InChI is InChI=1S/C6H8N2O4/c1-4-7-2-5(3-8-4)12-6(9,10)11/h2-3,9-11H,1H3. The highest BCUT2D eigenvalue weighted by Crippen LogP contribution is 2.10. The van der Waals surface area contributed by atoms with E-state index in [1.54, 1.807) is 6.92 Å². The van der Waals surface area contributed by atoms with Gasteiger partial charge in [-0.1, -0.05) is 0 Å². The molecule has 0 aromatic carbocycles. The molecule has 0 aliphatic heterocycles. The minimum absolute atomic E-state index is 0.0342. The van der Waals surface area contributed by atoms with Crippen molar-refractivity contribution in [3.05, 3.63) is 18.2 Å². The second kappa shape index (κ2) is 3.02. The summed E-state index contributed by atoms with van der Waals surface area (Å²) in [6.45, 7) is 1.66. The Labute approximate surface area is 68.1 Å². The lowest BCUT2D eigenvalue weighted by molar-refractivity contribution is -0.419. The van der Waals surface area contributed by atoms with E-state index in [4.69, 9.17) is 15.3 Å².